The highest BCUT2D eigenvalue weighted by Crippen LogP contribution is 2.23. The van der Waals surface area contributed by atoms with Gasteiger partial charge in [-0.05, 0) is 48.4 Å². The predicted octanol–water partition coefficient (Wildman–Crippen LogP) is 4.09. The molecule has 0 bridgehead atoms. The summed E-state index contributed by atoms with van der Waals surface area (Å²) in [5.41, 5.74) is 3.30. The Morgan fingerprint density at radius 2 is 1.74 bits per heavy atom. The summed E-state index contributed by atoms with van der Waals surface area (Å²) in [6.07, 6.45) is -0.0711. The van der Waals surface area contributed by atoms with Gasteiger partial charge < -0.3 is 4.57 Å². The fourth-order valence-electron chi connectivity index (χ4n) is 3.43. The lowest BCUT2D eigenvalue weighted by atomic mass is 10.1. The first-order valence-electron chi connectivity index (χ1n) is 9.63. The number of hydrogen-bond acceptors (Lipinski definition) is 4. The number of imidazole rings is 1. The maximum atomic E-state index is 12.4. The van der Waals surface area contributed by atoms with Crippen LogP contribution in [0.4, 0.5) is 0 Å². The van der Waals surface area contributed by atoms with Crippen LogP contribution in [0.2, 0.25) is 5.02 Å². The van der Waals surface area contributed by atoms with Gasteiger partial charge in [0.25, 0.3) is 10.0 Å². The molecule has 1 amide bonds. The number of halogens is 1. The highest BCUT2D eigenvalue weighted by molar-refractivity contribution is 7.90. The molecule has 0 saturated carbocycles. The van der Waals surface area contributed by atoms with E-state index in [2.05, 4.69) is 9.71 Å². The van der Waals surface area contributed by atoms with Gasteiger partial charge in [-0.1, -0.05) is 54.1 Å². The van der Waals surface area contributed by atoms with E-state index < -0.39 is 15.9 Å². The minimum atomic E-state index is -3.90. The van der Waals surface area contributed by atoms with Crippen LogP contribution in [0.15, 0.2) is 77.7 Å². The predicted molar refractivity (Wildman–Crippen MR) is 120 cm³/mol. The molecule has 1 heterocycles. The average molecular weight is 454 g/mol. The van der Waals surface area contributed by atoms with Crippen LogP contribution in [-0.4, -0.2) is 23.9 Å². The van der Waals surface area contributed by atoms with Crippen LogP contribution >= 0.6 is 11.6 Å². The Balaban J connectivity index is 1.58. The minimum Gasteiger partial charge on any atom is -0.324 e. The summed E-state index contributed by atoms with van der Waals surface area (Å²) in [7, 11) is -3.90. The van der Waals surface area contributed by atoms with Crippen molar-refractivity contribution in [2.75, 3.05) is 0 Å². The summed E-state index contributed by atoms with van der Waals surface area (Å²) in [5, 5.41) is 0.672. The molecular formula is C23H20ClN3O3S. The molecule has 0 unspecified atom stereocenters. The summed E-state index contributed by atoms with van der Waals surface area (Å²) < 4.78 is 28.9. The number of sulfonamides is 1. The zero-order valence-electron chi connectivity index (χ0n) is 16.7. The van der Waals surface area contributed by atoms with E-state index in [0.29, 0.717) is 17.1 Å². The second kappa shape index (κ2) is 8.53. The van der Waals surface area contributed by atoms with Crippen LogP contribution in [-0.2, 0) is 27.8 Å². The van der Waals surface area contributed by atoms with Gasteiger partial charge in [0.2, 0.25) is 5.91 Å². The Morgan fingerprint density at radius 3 is 2.48 bits per heavy atom. The number of nitrogens with zero attached hydrogens (tertiary/aromatic N) is 2. The largest absolute Gasteiger partial charge is 0.324 e. The fraction of sp³-hybridized carbons (Fsp3) is 0.130. The zero-order valence-corrected chi connectivity index (χ0v) is 18.3. The number of fused-ring (bicyclic) bond motifs is 1. The summed E-state index contributed by atoms with van der Waals surface area (Å²) in [5.74, 6) is 0.222. The van der Waals surface area contributed by atoms with E-state index in [4.69, 9.17) is 11.6 Å². The maximum Gasteiger partial charge on any atom is 0.264 e. The molecule has 0 aliphatic rings. The number of aryl methyl sites for hydroxylation is 1. The van der Waals surface area contributed by atoms with Gasteiger partial charge in [0.05, 0.1) is 28.9 Å². The quantitative estimate of drug-likeness (QED) is 0.476. The number of nitrogens with one attached hydrogen (secondary N) is 1. The molecular weight excluding hydrogens is 434 g/mol. The van der Waals surface area contributed by atoms with Crippen LogP contribution in [0.5, 0.6) is 0 Å². The van der Waals surface area contributed by atoms with Crippen molar-refractivity contribution in [1.82, 2.24) is 14.3 Å². The molecule has 1 N–H and O–H groups in total. The third kappa shape index (κ3) is 4.62. The average Bonchev–Trinajstić information content (AvgIpc) is 3.04. The zero-order chi connectivity index (χ0) is 22.0. The van der Waals surface area contributed by atoms with Crippen molar-refractivity contribution in [2.24, 2.45) is 0 Å². The maximum absolute atomic E-state index is 12.4. The van der Waals surface area contributed by atoms with Crippen molar-refractivity contribution in [3.8, 4) is 0 Å². The van der Waals surface area contributed by atoms with Crippen molar-refractivity contribution >= 4 is 38.6 Å². The van der Waals surface area contributed by atoms with Gasteiger partial charge >= 0.3 is 0 Å². The SMILES string of the molecule is Cc1nc2ccc(CC(=O)NS(=O)(=O)c3ccccc3)cc2n1Cc1ccccc1Cl. The monoisotopic (exact) mass is 453 g/mol. The highest BCUT2D eigenvalue weighted by Gasteiger charge is 2.18. The Kier molecular flexibility index (Phi) is 5.80. The van der Waals surface area contributed by atoms with Crippen molar-refractivity contribution in [3.63, 3.8) is 0 Å². The molecule has 6 nitrogen and oxygen atoms in total. The van der Waals surface area contributed by atoms with Gasteiger partial charge in [0, 0.05) is 5.02 Å². The van der Waals surface area contributed by atoms with Gasteiger partial charge in [0.1, 0.15) is 5.82 Å². The van der Waals surface area contributed by atoms with Crippen molar-refractivity contribution in [2.45, 2.75) is 24.8 Å². The second-order valence-electron chi connectivity index (χ2n) is 7.18. The number of aromatic nitrogens is 2. The van der Waals surface area contributed by atoms with E-state index >= 15 is 0 Å². The normalized spacial score (nSPS) is 11.5. The summed E-state index contributed by atoms with van der Waals surface area (Å²) in [6, 6.07) is 20.9. The number of benzene rings is 3. The third-order valence-electron chi connectivity index (χ3n) is 4.96. The molecule has 1 aromatic heterocycles. The molecule has 0 aliphatic carbocycles. The molecule has 8 heteroatoms. The molecule has 3 aromatic carbocycles. The molecule has 158 valence electrons. The lowest BCUT2D eigenvalue weighted by molar-refractivity contribution is -0.118. The molecule has 4 aromatic rings. The lowest BCUT2D eigenvalue weighted by Gasteiger charge is -2.10. The van der Waals surface area contributed by atoms with Gasteiger partial charge in [-0.2, -0.15) is 0 Å². The smallest absolute Gasteiger partial charge is 0.264 e. The van der Waals surface area contributed by atoms with Crippen molar-refractivity contribution in [1.29, 1.82) is 0 Å². The van der Waals surface area contributed by atoms with E-state index in [1.54, 1.807) is 24.3 Å². The van der Waals surface area contributed by atoms with Gasteiger partial charge in [0.15, 0.2) is 0 Å². The van der Waals surface area contributed by atoms with Gasteiger partial charge in [-0.25, -0.2) is 18.1 Å². The minimum absolute atomic E-state index is 0.0484. The summed E-state index contributed by atoms with van der Waals surface area (Å²) in [6.45, 7) is 2.45. The van der Waals surface area contributed by atoms with E-state index in [9.17, 15) is 13.2 Å². The van der Waals surface area contributed by atoms with Crippen LogP contribution < -0.4 is 4.72 Å². The molecule has 0 fully saturated rings. The third-order valence-corrected chi connectivity index (χ3v) is 6.71. The van der Waals surface area contributed by atoms with E-state index in [-0.39, 0.29) is 11.3 Å². The van der Waals surface area contributed by atoms with Crippen LogP contribution in [0.1, 0.15) is 17.0 Å². The van der Waals surface area contributed by atoms with E-state index in [1.807, 2.05) is 47.9 Å². The van der Waals surface area contributed by atoms with Crippen LogP contribution in [0, 0.1) is 6.92 Å². The lowest BCUT2D eigenvalue weighted by Crippen LogP contribution is -2.31. The first-order chi connectivity index (χ1) is 14.8. The molecule has 0 saturated heterocycles. The Morgan fingerprint density at radius 1 is 1.03 bits per heavy atom. The topological polar surface area (TPSA) is 81.1 Å². The van der Waals surface area contributed by atoms with Crippen LogP contribution in [0.3, 0.4) is 0 Å². The number of hydrogen-bond donors (Lipinski definition) is 1. The summed E-state index contributed by atoms with van der Waals surface area (Å²) in [4.78, 5) is 17.1. The molecule has 4 rings (SSSR count). The van der Waals surface area contributed by atoms with Crippen LogP contribution in [0.25, 0.3) is 11.0 Å². The standard InChI is InChI=1S/C23H20ClN3O3S/c1-16-25-21-12-11-17(13-22(21)27(16)15-18-7-5-6-10-20(18)24)14-23(28)26-31(29,30)19-8-3-2-4-9-19/h2-13H,14-15H2,1H3,(H,26,28). The first-order valence-corrected chi connectivity index (χ1v) is 11.5. The number of rotatable bonds is 6. The molecule has 0 radical (unpaired) electrons. The molecule has 31 heavy (non-hydrogen) atoms. The first kappa shape index (κ1) is 21.1. The molecule has 0 aliphatic heterocycles. The van der Waals surface area contributed by atoms with Gasteiger partial charge in [-0.15, -0.1) is 0 Å². The second-order valence-corrected chi connectivity index (χ2v) is 9.27. The van der Waals surface area contributed by atoms with E-state index in [0.717, 1.165) is 22.4 Å². The fourth-order valence-corrected chi connectivity index (χ4v) is 4.63. The van der Waals surface area contributed by atoms with Crippen molar-refractivity contribution in [3.05, 3.63) is 94.8 Å². The molecule has 0 spiro atoms. The van der Waals surface area contributed by atoms with Gasteiger partial charge in [-0.3, -0.25) is 4.79 Å². The molecule has 0 atom stereocenters. The number of carbonyl (C=O) groups excluding carboxylic acids is 1. The summed E-state index contributed by atoms with van der Waals surface area (Å²) >= 11 is 6.31. The van der Waals surface area contributed by atoms with Crippen molar-refractivity contribution < 1.29 is 13.2 Å². The Labute approximate surface area is 185 Å². The Bertz CT molecular complexity index is 1370. The number of carbonyl (C=O) groups is 1. The number of amides is 1. The Hall–Kier alpha value is -3.16. The van der Waals surface area contributed by atoms with E-state index in [1.165, 1.54) is 12.1 Å². The highest BCUT2D eigenvalue weighted by atomic mass is 35.5.